The molecule has 5 nitrogen and oxygen atoms in total. The van der Waals surface area contributed by atoms with E-state index in [2.05, 4.69) is 12.2 Å². The lowest BCUT2D eigenvalue weighted by Gasteiger charge is -2.19. The fourth-order valence-electron chi connectivity index (χ4n) is 2.35. The second-order valence-electron chi connectivity index (χ2n) is 5.21. The molecular weight excluding hydrogens is 288 g/mol. The number of para-hydroxylation sites is 1. The molecular formula is C15H24N2O3S. The molecule has 1 aromatic rings. The van der Waals surface area contributed by atoms with Crippen molar-refractivity contribution < 1.29 is 13.2 Å². The van der Waals surface area contributed by atoms with Crippen LogP contribution in [0.3, 0.4) is 0 Å². The van der Waals surface area contributed by atoms with Crippen molar-refractivity contribution in [2.45, 2.75) is 26.3 Å². The van der Waals surface area contributed by atoms with E-state index < -0.39 is 10.0 Å². The van der Waals surface area contributed by atoms with Gasteiger partial charge < -0.3 is 10.1 Å². The summed E-state index contributed by atoms with van der Waals surface area (Å²) in [5.41, 5.74) is 0.933. The van der Waals surface area contributed by atoms with Gasteiger partial charge in [0.2, 0.25) is 10.0 Å². The van der Waals surface area contributed by atoms with Gasteiger partial charge in [-0.2, -0.15) is 4.31 Å². The molecule has 0 bridgehead atoms. The van der Waals surface area contributed by atoms with E-state index >= 15 is 0 Å². The summed E-state index contributed by atoms with van der Waals surface area (Å²) in [6.07, 6.45) is 1.70. The minimum absolute atomic E-state index is 0.186. The zero-order valence-corrected chi connectivity index (χ0v) is 13.4. The first-order valence-corrected chi connectivity index (χ1v) is 9.13. The molecule has 0 fully saturated rings. The summed E-state index contributed by atoms with van der Waals surface area (Å²) in [6, 6.07) is 7.63. The molecule has 0 atom stereocenters. The van der Waals surface area contributed by atoms with Crippen molar-refractivity contribution in [3.63, 3.8) is 0 Å². The van der Waals surface area contributed by atoms with E-state index in [1.54, 1.807) is 4.31 Å². The molecule has 0 unspecified atom stereocenters. The van der Waals surface area contributed by atoms with Gasteiger partial charge in [0.15, 0.2) is 0 Å². The van der Waals surface area contributed by atoms with Crippen molar-refractivity contribution in [1.82, 2.24) is 9.62 Å². The number of hydrogen-bond acceptors (Lipinski definition) is 4. The number of ether oxygens (including phenoxy) is 1. The Hall–Kier alpha value is -1.11. The highest BCUT2D eigenvalue weighted by molar-refractivity contribution is 7.89. The molecule has 0 radical (unpaired) electrons. The standard InChI is InChI=1S/C15H24N2O3S/c1-2-8-16-9-5-12-21(18,19)17-10-11-20-15-7-4-3-6-14(15)13-17/h3-4,6-7,16H,2,5,8-13H2,1H3. The molecule has 1 N–H and O–H groups in total. The number of nitrogens with zero attached hydrogens (tertiary/aromatic N) is 1. The van der Waals surface area contributed by atoms with Gasteiger partial charge in [-0.1, -0.05) is 25.1 Å². The Morgan fingerprint density at radius 1 is 1.29 bits per heavy atom. The van der Waals surface area contributed by atoms with Crippen LogP contribution in [0.15, 0.2) is 24.3 Å². The largest absolute Gasteiger partial charge is 0.492 e. The van der Waals surface area contributed by atoms with Gasteiger partial charge >= 0.3 is 0 Å². The van der Waals surface area contributed by atoms with Crippen LogP contribution in [0.4, 0.5) is 0 Å². The lowest BCUT2D eigenvalue weighted by molar-refractivity contribution is 0.293. The molecule has 0 aromatic heterocycles. The highest BCUT2D eigenvalue weighted by Gasteiger charge is 2.25. The van der Waals surface area contributed by atoms with Crippen molar-refractivity contribution >= 4 is 10.0 Å². The van der Waals surface area contributed by atoms with Crippen LogP contribution in [-0.4, -0.2) is 44.7 Å². The van der Waals surface area contributed by atoms with Crippen LogP contribution in [0.5, 0.6) is 5.75 Å². The molecule has 0 aliphatic carbocycles. The number of sulfonamides is 1. The fourth-order valence-corrected chi connectivity index (χ4v) is 3.81. The number of hydrogen-bond donors (Lipinski definition) is 1. The van der Waals surface area contributed by atoms with Gasteiger partial charge in [0.25, 0.3) is 0 Å². The van der Waals surface area contributed by atoms with Crippen molar-refractivity contribution in [3.8, 4) is 5.75 Å². The van der Waals surface area contributed by atoms with Gasteiger partial charge in [0, 0.05) is 18.7 Å². The lowest BCUT2D eigenvalue weighted by atomic mass is 10.2. The van der Waals surface area contributed by atoms with Crippen LogP contribution in [0.2, 0.25) is 0 Å². The van der Waals surface area contributed by atoms with Crippen LogP contribution in [-0.2, 0) is 16.6 Å². The van der Waals surface area contributed by atoms with Crippen molar-refractivity contribution in [2.75, 3.05) is 32.0 Å². The van der Waals surface area contributed by atoms with Crippen molar-refractivity contribution in [2.24, 2.45) is 0 Å². The highest BCUT2D eigenvalue weighted by Crippen LogP contribution is 2.24. The molecule has 0 saturated heterocycles. The Morgan fingerprint density at radius 3 is 2.90 bits per heavy atom. The second-order valence-corrected chi connectivity index (χ2v) is 7.30. The van der Waals surface area contributed by atoms with Gasteiger partial charge in [0.05, 0.1) is 5.75 Å². The minimum Gasteiger partial charge on any atom is -0.492 e. The summed E-state index contributed by atoms with van der Waals surface area (Å²) in [6.45, 7) is 5.00. The first-order valence-electron chi connectivity index (χ1n) is 7.52. The summed E-state index contributed by atoms with van der Waals surface area (Å²) < 4.78 is 32.0. The molecule has 1 aromatic carbocycles. The number of fused-ring (bicyclic) bond motifs is 1. The summed E-state index contributed by atoms with van der Waals surface area (Å²) >= 11 is 0. The van der Waals surface area contributed by atoms with Crippen LogP contribution >= 0.6 is 0 Å². The fraction of sp³-hybridized carbons (Fsp3) is 0.600. The van der Waals surface area contributed by atoms with Crippen LogP contribution in [0, 0.1) is 0 Å². The topological polar surface area (TPSA) is 58.6 Å². The van der Waals surface area contributed by atoms with Crippen LogP contribution in [0.1, 0.15) is 25.3 Å². The predicted octanol–water partition coefficient (Wildman–Crippen LogP) is 1.60. The van der Waals surface area contributed by atoms with Gasteiger partial charge in [-0.3, -0.25) is 0 Å². The molecule has 0 amide bonds. The number of rotatable bonds is 7. The maximum absolute atomic E-state index is 12.4. The Bertz CT molecular complexity index is 546. The Labute approximate surface area is 127 Å². The monoisotopic (exact) mass is 312 g/mol. The maximum atomic E-state index is 12.4. The van der Waals surface area contributed by atoms with E-state index in [0.717, 1.165) is 30.8 Å². The quantitative estimate of drug-likeness (QED) is 0.777. The first kappa shape index (κ1) is 16.3. The Morgan fingerprint density at radius 2 is 2.10 bits per heavy atom. The van der Waals surface area contributed by atoms with E-state index in [1.807, 2.05) is 24.3 Å². The van der Waals surface area contributed by atoms with Gasteiger partial charge in [-0.15, -0.1) is 0 Å². The maximum Gasteiger partial charge on any atom is 0.214 e. The number of benzene rings is 1. The third-order valence-electron chi connectivity index (χ3n) is 3.49. The molecule has 0 saturated carbocycles. The third-order valence-corrected chi connectivity index (χ3v) is 5.40. The summed E-state index contributed by atoms with van der Waals surface area (Å²) in [5, 5.41) is 3.23. The smallest absolute Gasteiger partial charge is 0.214 e. The molecule has 1 heterocycles. The first-order chi connectivity index (χ1) is 10.1. The van der Waals surface area contributed by atoms with Crippen molar-refractivity contribution in [1.29, 1.82) is 0 Å². The van der Waals surface area contributed by atoms with Crippen LogP contribution in [0.25, 0.3) is 0 Å². The zero-order chi connectivity index (χ0) is 15.1. The zero-order valence-electron chi connectivity index (χ0n) is 12.5. The lowest BCUT2D eigenvalue weighted by Crippen LogP contribution is -2.35. The van der Waals surface area contributed by atoms with E-state index in [-0.39, 0.29) is 5.75 Å². The SMILES string of the molecule is CCCNCCCS(=O)(=O)N1CCOc2ccccc2C1. The second kappa shape index (κ2) is 7.77. The van der Waals surface area contributed by atoms with E-state index in [4.69, 9.17) is 4.74 Å². The third kappa shape index (κ3) is 4.69. The van der Waals surface area contributed by atoms with E-state index in [9.17, 15) is 8.42 Å². The molecule has 2 rings (SSSR count). The average molecular weight is 312 g/mol. The molecule has 21 heavy (non-hydrogen) atoms. The van der Waals surface area contributed by atoms with Crippen molar-refractivity contribution in [3.05, 3.63) is 29.8 Å². The normalized spacial score (nSPS) is 16.0. The summed E-state index contributed by atoms with van der Waals surface area (Å²) in [4.78, 5) is 0. The minimum atomic E-state index is -3.22. The van der Waals surface area contributed by atoms with Gasteiger partial charge in [-0.05, 0) is 32.0 Å². The molecule has 118 valence electrons. The number of nitrogens with one attached hydrogen (secondary N) is 1. The molecule has 1 aliphatic rings. The molecule has 6 heteroatoms. The molecule has 1 aliphatic heterocycles. The summed E-state index contributed by atoms with van der Waals surface area (Å²) in [5.74, 6) is 0.978. The van der Waals surface area contributed by atoms with Gasteiger partial charge in [0.1, 0.15) is 12.4 Å². The average Bonchev–Trinajstić information content (AvgIpc) is 2.69. The Balaban J connectivity index is 1.94. The summed E-state index contributed by atoms with van der Waals surface area (Å²) in [7, 11) is -3.22. The van der Waals surface area contributed by atoms with Crippen LogP contribution < -0.4 is 10.1 Å². The van der Waals surface area contributed by atoms with Gasteiger partial charge in [-0.25, -0.2) is 8.42 Å². The van der Waals surface area contributed by atoms with E-state index in [1.165, 1.54) is 0 Å². The predicted molar refractivity (Wildman–Crippen MR) is 83.9 cm³/mol. The Kier molecular flexibility index (Phi) is 6.02. The molecule has 0 spiro atoms. The van der Waals surface area contributed by atoms with E-state index in [0.29, 0.717) is 26.1 Å². The highest BCUT2D eigenvalue weighted by atomic mass is 32.2.